The summed E-state index contributed by atoms with van der Waals surface area (Å²) >= 11 is 0. The van der Waals surface area contributed by atoms with Gasteiger partial charge in [0.15, 0.2) is 7.11 Å². The number of H-pyrrole nitrogens is 1. The summed E-state index contributed by atoms with van der Waals surface area (Å²) in [5.74, 6) is -1.04. The monoisotopic (exact) mass is 221 g/mol. The molecule has 0 aliphatic heterocycles. The van der Waals surface area contributed by atoms with Crippen LogP contribution in [0.3, 0.4) is 0 Å². The van der Waals surface area contributed by atoms with Crippen molar-refractivity contribution in [2.24, 2.45) is 0 Å². The molecule has 1 aromatic heterocycles. The fourth-order valence-electron chi connectivity index (χ4n) is 1.50. The van der Waals surface area contributed by atoms with Crippen molar-refractivity contribution in [2.45, 2.75) is 0 Å². The van der Waals surface area contributed by atoms with Gasteiger partial charge in [0.1, 0.15) is 0 Å². The van der Waals surface area contributed by atoms with Crippen LogP contribution in [0.4, 0.5) is 5.69 Å². The molecule has 2 N–H and O–H groups in total. The first-order valence-electron chi connectivity index (χ1n) is 4.49. The van der Waals surface area contributed by atoms with Crippen LogP contribution in [0.1, 0.15) is 10.4 Å². The van der Waals surface area contributed by atoms with Crippen molar-refractivity contribution >= 4 is 22.6 Å². The van der Waals surface area contributed by atoms with Crippen molar-refractivity contribution in [1.82, 2.24) is 4.98 Å². The lowest BCUT2D eigenvalue weighted by molar-refractivity contribution is -0.736. The van der Waals surface area contributed by atoms with Crippen LogP contribution in [0.2, 0.25) is 0 Å². The van der Waals surface area contributed by atoms with Gasteiger partial charge in [-0.15, -0.1) is 0 Å². The first-order valence-corrected chi connectivity index (χ1v) is 4.49. The highest BCUT2D eigenvalue weighted by Gasteiger charge is 2.18. The Morgan fingerprint density at radius 2 is 2.25 bits per heavy atom. The Morgan fingerprint density at radius 1 is 1.50 bits per heavy atom. The average Bonchev–Trinajstić information content (AvgIpc) is 2.70. The molecule has 0 fully saturated rings. The Labute approximate surface area is 90.0 Å². The minimum Gasteiger partial charge on any atom is -0.478 e. The zero-order valence-electron chi connectivity index (χ0n) is 8.43. The summed E-state index contributed by atoms with van der Waals surface area (Å²) < 4.78 is 0. The average molecular weight is 221 g/mol. The smallest absolute Gasteiger partial charge is 0.337 e. The lowest BCUT2D eigenvalue weighted by Gasteiger charge is -1.92. The molecule has 2 rings (SSSR count). The quantitative estimate of drug-likeness (QED) is 0.774. The molecule has 0 bridgehead atoms. The predicted molar refractivity (Wildman–Crippen MR) is 55.6 cm³/mol. The first-order chi connectivity index (χ1) is 7.63. The van der Waals surface area contributed by atoms with Gasteiger partial charge >= 0.3 is 11.7 Å². The Kier molecular flexibility index (Phi) is 2.32. The van der Waals surface area contributed by atoms with Crippen LogP contribution in [-0.4, -0.2) is 28.1 Å². The van der Waals surface area contributed by atoms with Crippen molar-refractivity contribution in [1.29, 1.82) is 0 Å². The molecule has 6 heteroatoms. The normalized spacial score (nSPS) is 10.3. The minimum absolute atomic E-state index is 0.126. The second-order valence-electron chi connectivity index (χ2n) is 3.18. The SMILES string of the molecule is CO[N+](=O)c1ccc2[nH]cc(C(=O)O)c2c1. The van der Waals surface area contributed by atoms with Crippen LogP contribution in [-0.2, 0) is 4.84 Å². The van der Waals surface area contributed by atoms with E-state index in [0.29, 0.717) is 15.8 Å². The van der Waals surface area contributed by atoms with Crippen LogP contribution in [0.15, 0.2) is 24.4 Å². The topological polar surface area (TPSA) is 82.4 Å². The molecule has 0 aliphatic rings. The zero-order valence-corrected chi connectivity index (χ0v) is 8.43. The maximum absolute atomic E-state index is 11.2. The maximum Gasteiger partial charge on any atom is 0.337 e. The van der Waals surface area contributed by atoms with E-state index in [1.54, 1.807) is 12.1 Å². The fourth-order valence-corrected chi connectivity index (χ4v) is 1.50. The minimum atomic E-state index is -1.04. The molecule has 0 unspecified atom stereocenters. The van der Waals surface area contributed by atoms with Gasteiger partial charge in [0.25, 0.3) is 4.92 Å². The van der Waals surface area contributed by atoms with E-state index >= 15 is 0 Å². The second kappa shape index (κ2) is 3.65. The van der Waals surface area contributed by atoms with Gasteiger partial charge in [0, 0.05) is 29.2 Å². The summed E-state index contributed by atoms with van der Waals surface area (Å²) in [6.07, 6.45) is 1.39. The molecule has 16 heavy (non-hydrogen) atoms. The van der Waals surface area contributed by atoms with Gasteiger partial charge in [-0.3, -0.25) is 0 Å². The molecule has 2 aromatic rings. The molecular formula is C10H9N2O4+. The second-order valence-corrected chi connectivity index (χ2v) is 3.18. The fraction of sp³-hybridized carbons (Fsp3) is 0.100. The number of aromatic nitrogens is 1. The van der Waals surface area contributed by atoms with Crippen LogP contribution in [0.5, 0.6) is 0 Å². The summed E-state index contributed by atoms with van der Waals surface area (Å²) in [7, 11) is 1.24. The van der Waals surface area contributed by atoms with Crippen molar-refractivity contribution in [3.05, 3.63) is 34.9 Å². The summed E-state index contributed by atoms with van der Waals surface area (Å²) in [5.41, 5.74) is 1.03. The van der Waals surface area contributed by atoms with Gasteiger partial charge in [-0.25, -0.2) is 9.63 Å². The van der Waals surface area contributed by atoms with Crippen molar-refractivity contribution in [3.63, 3.8) is 0 Å². The number of fused-ring (bicyclic) bond motifs is 1. The number of nitrogens with zero attached hydrogens (tertiary/aromatic N) is 1. The molecule has 0 spiro atoms. The number of carbonyl (C=O) groups is 1. The zero-order chi connectivity index (χ0) is 11.7. The lowest BCUT2D eigenvalue weighted by Crippen LogP contribution is -1.98. The number of hydrogen-bond acceptors (Lipinski definition) is 3. The molecule has 0 saturated carbocycles. The van der Waals surface area contributed by atoms with Gasteiger partial charge in [-0.2, -0.15) is 0 Å². The number of rotatable bonds is 3. The molecule has 0 amide bonds. The maximum atomic E-state index is 11.2. The van der Waals surface area contributed by atoms with Gasteiger partial charge < -0.3 is 10.1 Å². The van der Waals surface area contributed by atoms with E-state index in [1.807, 2.05) is 0 Å². The predicted octanol–water partition coefficient (Wildman–Crippen LogP) is 1.84. The molecule has 0 atom stereocenters. The summed E-state index contributed by atoms with van der Waals surface area (Å²) in [4.78, 5) is 29.7. The molecule has 0 saturated heterocycles. The molecule has 82 valence electrons. The van der Waals surface area contributed by atoms with E-state index in [4.69, 9.17) is 5.11 Å². The molecule has 1 aromatic carbocycles. The Balaban J connectivity index is 2.63. The third-order valence-corrected chi connectivity index (χ3v) is 2.27. The van der Waals surface area contributed by atoms with Crippen LogP contribution >= 0.6 is 0 Å². The summed E-state index contributed by atoms with van der Waals surface area (Å²) in [6.45, 7) is 0. The first kappa shape index (κ1) is 10.2. The van der Waals surface area contributed by atoms with E-state index in [-0.39, 0.29) is 11.3 Å². The molecule has 1 heterocycles. The Bertz CT molecular complexity index is 573. The summed E-state index contributed by atoms with van der Waals surface area (Å²) in [6, 6.07) is 4.63. The van der Waals surface area contributed by atoms with E-state index in [0.717, 1.165) is 0 Å². The summed E-state index contributed by atoms with van der Waals surface area (Å²) in [5, 5.41) is 9.39. The number of carboxylic acids is 1. The standard InChI is InChI=1S/C10H8N2O4/c1-16-12(15)6-2-3-9-7(4-6)8(5-11-9)10(13)14/h2-5H,1H3,(H-,11,13,14,15)/p+1. The lowest BCUT2D eigenvalue weighted by atomic mass is 10.1. The number of carboxylic acid groups (broad SMARTS) is 1. The van der Waals surface area contributed by atoms with Crippen LogP contribution < -0.4 is 0 Å². The molecule has 0 radical (unpaired) electrons. The third-order valence-electron chi connectivity index (χ3n) is 2.27. The number of nitrogens with one attached hydrogen (secondary N) is 1. The van der Waals surface area contributed by atoms with E-state index < -0.39 is 5.97 Å². The van der Waals surface area contributed by atoms with Gasteiger partial charge in [0.2, 0.25) is 0 Å². The third kappa shape index (κ3) is 1.50. The van der Waals surface area contributed by atoms with Gasteiger partial charge in [0.05, 0.1) is 10.5 Å². The Morgan fingerprint density at radius 3 is 2.88 bits per heavy atom. The van der Waals surface area contributed by atoms with E-state index in [9.17, 15) is 9.70 Å². The molecule has 6 nitrogen and oxygen atoms in total. The highest BCUT2D eigenvalue weighted by molar-refractivity contribution is 6.03. The number of aromatic carboxylic acids is 1. The van der Waals surface area contributed by atoms with E-state index in [2.05, 4.69) is 9.82 Å². The van der Waals surface area contributed by atoms with Crippen molar-refractivity contribution < 1.29 is 19.7 Å². The highest BCUT2D eigenvalue weighted by atomic mass is 16.8. The number of hydrogen-bond donors (Lipinski definition) is 2. The highest BCUT2D eigenvalue weighted by Crippen LogP contribution is 2.23. The number of benzene rings is 1. The van der Waals surface area contributed by atoms with Crippen molar-refractivity contribution in [3.8, 4) is 0 Å². The number of aromatic amines is 1. The van der Waals surface area contributed by atoms with Gasteiger partial charge in [-0.1, -0.05) is 0 Å². The Hall–Kier alpha value is -2.37. The van der Waals surface area contributed by atoms with Crippen molar-refractivity contribution in [2.75, 3.05) is 7.11 Å². The van der Waals surface area contributed by atoms with Crippen LogP contribution in [0, 0.1) is 4.91 Å². The largest absolute Gasteiger partial charge is 0.478 e. The molecule has 0 aliphatic carbocycles. The van der Waals surface area contributed by atoms with E-state index in [1.165, 1.54) is 19.4 Å². The molecular weight excluding hydrogens is 212 g/mol. The van der Waals surface area contributed by atoms with Gasteiger partial charge in [-0.05, 0) is 6.07 Å². The van der Waals surface area contributed by atoms with Crippen LogP contribution in [0.25, 0.3) is 10.9 Å².